The molecular weight excluding hydrogens is 853 g/mol. The summed E-state index contributed by atoms with van der Waals surface area (Å²) in [6.07, 6.45) is 71.0. The van der Waals surface area contributed by atoms with Crippen molar-refractivity contribution in [2.24, 2.45) is 0 Å². The van der Waals surface area contributed by atoms with Crippen molar-refractivity contribution < 1.29 is 28.6 Å². The second-order valence-electron chi connectivity index (χ2n) is 20.3. The summed E-state index contributed by atoms with van der Waals surface area (Å²) < 4.78 is 16.9. The summed E-state index contributed by atoms with van der Waals surface area (Å²) in [5, 5.41) is 0. The smallest absolute Gasteiger partial charge is 0.306 e. The Hall–Kier alpha value is -2.63. The third-order valence-electron chi connectivity index (χ3n) is 13.3. The Bertz CT molecular complexity index is 1200. The molecule has 6 heteroatoms. The van der Waals surface area contributed by atoms with Gasteiger partial charge in [-0.2, -0.15) is 0 Å². The first-order valence-corrected chi connectivity index (χ1v) is 30.1. The molecule has 1 atom stereocenters. The Morgan fingerprint density at radius 3 is 0.826 bits per heavy atom. The predicted octanol–water partition coefficient (Wildman–Crippen LogP) is 20.2. The highest BCUT2D eigenvalue weighted by molar-refractivity contribution is 5.71. The largest absolute Gasteiger partial charge is 0.462 e. The monoisotopic (exact) mass is 967 g/mol. The van der Waals surface area contributed by atoms with E-state index in [-0.39, 0.29) is 31.1 Å². The Balaban J connectivity index is 4.36. The molecule has 402 valence electrons. The molecule has 0 spiro atoms. The molecule has 0 aliphatic carbocycles. The van der Waals surface area contributed by atoms with Crippen molar-refractivity contribution in [2.75, 3.05) is 13.2 Å². The molecule has 0 saturated heterocycles. The highest BCUT2D eigenvalue weighted by Gasteiger charge is 2.19. The van der Waals surface area contributed by atoms with E-state index in [1.54, 1.807) is 0 Å². The fourth-order valence-electron chi connectivity index (χ4n) is 8.74. The minimum atomic E-state index is -0.779. The quantitative estimate of drug-likeness (QED) is 0.0262. The van der Waals surface area contributed by atoms with Crippen molar-refractivity contribution in [3.05, 3.63) is 48.6 Å². The van der Waals surface area contributed by atoms with E-state index in [4.69, 9.17) is 14.2 Å². The molecule has 0 aromatic carbocycles. The summed E-state index contributed by atoms with van der Waals surface area (Å²) in [7, 11) is 0. The van der Waals surface area contributed by atoms with Crippen molar-refractivity contribution >= 4 is 17.9 Å². The van der Waals surface area contributed by atoms with Crippen molar-refractivity contribution in [1.29, 1.82) is 0 Å². The van der Waals surface area contributed by atoms with Gasteiger partial charge in [0, 0.05) is 19.3 Å². The van der Waals surface area contributed by atoms with Gasteiger partial charge in [-0.15, -0.1) is 0 Å². The molecule has 0 saturated carbocycles. The van der Waals surface area contributed by atoms with Crippen LogP contribution in [0.3, 0.4) is 0 Å². The molecule has 6 nitrogen and oxygen atoms in total. The average Bonchev–Trinajstić information content (AvgIpc) is 3.35. The van der Waals surface area contributed by atoms with Crippen molar-refractivity contribution in [2.45, 2.75) is 322 Å². The van der Waals surface area contributed by atoms with Gasteiger partial charge >= 0.3 is 17.9 Å². The SMILES string of the molecule is CCCCCCC/C=C\C/C=C\C/C=C\CCCCCCCCC(=O)OCC(COC(=O)CCCCCCCCCCCCCCC)OC(=O)CCCCCCCCC/C=C\CCCCCCCC. The fraction of sp³-hybridized carbons (Fsp3) is 0.825. The van der Waals surface area contributed by atoms with E-state index in [2.05, 4.69) is 69.4 Å². The maximum Gasteiger partial charge on any atom is 0.306 e. The van der Waals surface area contributed by atoms with Gasteiger partial charge in [-0.05, 0) is 83.5 Å². The summed E-state index contributed by atoms with van der Waals surface area (Å²) in [5.74, 6) is -0.877. The number of esters is 3. The number of rotatable bonds is 55. The Morgan fingerprint density at radius 2 is 0.522 bits per heavy atom. The summed E-state index contributed by atoms with van der Waals surface area (Å²) >= 11 is 0. The van der Waals surface area contributed by atoms with Gasteiger partial charge in [-0.3, -0.25) is 14.4 Å². The molecule has 0 bridgehead atoms. The minimum Gasteiger partial charge on any atom is -0.462 e. The van der Waals surface area contributed by atoms with Crippen LogP contribution in [0.15, 0.2) is 48.6 Å². The van der Waals surface area contributed by atoms with Gasteiger partial charge in [-0.25, -0.2) is 0 Å². The molecule has 0 amide bonds. The Kier molecular flexibility index (Phi) is 55.7. The number of ether oxygens (including phenoxy) is 3. The standard InChI is InChI=1S/C63H114O6/c1-4-7-10-13-16-19-22-25-27-29-30-31-32-34-35-38-41-44-47-50-53-56-62(65)68-59-60(58-67-61(64)55-52-49-46-43-40-37-24-21-18-15-12-9-6-3)69-63(66)57-54-51-48-45-42-39-36-33-28-26-23-20-17-14-11-8-5-2/h22,25-26,28-30,32,34,60H,4-21,23-24,27,31,33,35-59H2,1-3H3/b25-22-,28-26-,30-29-,34-32-. The topological polar surface area (TPSA) is 78.9 Å². The Morgan fingerprint density at radius 1 is 0.290 bits per heavy atom. The average molecular weight is 968 g/mol. The van der Waals surface area contributed by atoms with Crippen LogP contribution in [0.2, 0.25) is 0 Å². The molecule has 1 unspecified atom stereocenters. The van der Waals surface area contributed by atoms with Gasteiger partial charge in [0.15, 0.2) is 6.10 Å². The van der Waals surface area contributed by atoms with Crippen LogP contribution in [-0.2, 0) is 28.6 Å². The number of hydrogen-bond donors (Lipinski definition) is 0. The summed E-state index contributed by atoms with van der Waals surface area (Å²) in [6.45, 7) is 6.65. The lowest BCUT2D eigenvalue weighted by Crippen LogP contribution is -2.30. The lowest BCUT2D eigenvalue weighted by molar-refractivity contribution is -0.167. The minimum absolute atomic E-state index is 0.0760. The number of carbonyl (C=O) groups excluding carboxylic acids is 3. The zero-order valence-corrected chi connectivity index (χ0v) is 46.1. The van der Waals surface area contributed by atoms with Crippen LogP contribution in [-0.4, -0.2) is 37.2 Å². The van der Waals surface area contributed by atoms with Crippen molar-refractivity contribution in [3.8, 4) is 0 Å². The van der Waals surface area contributed by atoms with E-state index in [1.165, 1.54) is 199 Å². The van der Waals surface area contributed by atoms with Gasteiger partial charge < -0.3 is 14.2 Å². The normalized spacial score (nSPS) is 12.3. The zero-order valence-electron chi connectivity index (χ0n) is 46.1. The van der Waals surface area contributed by atoms with Crippen LogP contribution >= 0.6 is 0 Å². The predicted molar refractivity (Wildman–Crippen MR) is 298 cm³/mol. The number of hydrogen-bond acceptors (Lipinski definition) is 6. The zero-order chi connectivity index (χ0) is 50.0. The molecule has 0 aliphatic rings. The molecular formula is C63H114O6. The maximum absolute atomic E-state index is 12.9. The maximum atomic E-state index is 12.9. The van der Waals surface area contributed by atoms with E-state index >= 15 is 0 Å². The van der Waals surface area contributed by atoms with Crippen molar-refractivity contribution in [3.63, 3.8) is 0 Å². The second-order valence-corrected chi connectivity index (χ2v) is 20.3. The summed E-state index contributed by atoms with van der Waals surface area (Å²) in [5.41, 5.74) is 0. The third-order valence-corrected chi connectivity index (χ3v) is 13.3. The van der Waals surface area contributed by atoms with Gasteiger partial charge in [0.2, 0.25) is 0 Å². The van der Waals surface area contributed by atoms with Crippen LogP contribution in [0.5, 0.6) is 0 Å². The highest BCUT2D eigenvalue weighted by atomic mass is 16.6. The van der Waals surface area contributed by atoms with Crippen LogP contribution in [0.1, 0.15) is 316 Å². The van der Waals surface area contributed by atoms with E-state index in [1.807, 2.05) is 0 Å². The molecule has 0 radical (unpaired) electrons. The Labute approximate surface area is 428 Å². The number of unbranched alkanes of at least 4 members (excludes halogenated alkanes) is 36. The summed E-state index contributed by atoms with van der Waals surface area (Å²) in [4.78, 5) is 38.2. The van der Waals surface area contributed by atoms with Crippen molar-refractivity contribution in [1.82, 2.24) is 0 Å². The molecule has 0 aliphatic heterocycles. The molecule has 69 heavy (non-hydrogen) atoms. The van der Waals surface area contributed by atoms with Crippen LogP contribution in [0.25, 0.3) is 0 Å². The van der Waals surface area contributed by atoms with E-state index in [9.17, 15) is 14.4 Å². The first-order valence-electron chi connectivity index (χ1n) is 30.1. The lowest BCUT2D eigenvalue weighted by atomic mass is 10.0. The van der Waals surface area contributed by atoms with E-state index < -0.39 is 6.10 Å². The van der Waals surface area contributed by atoms with Crippen LogP contribution < -0.4 is 0 Å². The van der Waals surface area contributed by atoms with E-state index in [0.29, 0.717) is 19.3 Å². The van der Waals surface area contributed by atoms with E-state index in [0.717, 1.165) is 77.0 Å². The first-order chi connectivity index (χ1) is 34.0. The fourth-order valence-corrected chi connectivity index (χ4v) is 8.74. The lowest BCUT2D eigenvalue weighted by Gasteiger charge is -2.18. The van der Waals surface area contributed by atoms with Gasteiger partial charge in [0.1, 0.15) is 13.2 Å². The first kappa shape index (κ1) is 66.4. The highest BCUT2D eigenvalue weighted by Crippen LogP contribution is 2.16. The van der Waals surface area contributed by atoms with Gasteiger partial charge in [-0.1, -0.05) is 262 Å². The van der Waals surface area contributed by atoms with Crippen LogP contribution in [0, 0.1) is 0 Å². The second kappa shape index (κ2) is 57.9. The van der Waals surface area contributed by atoms with Crippen LogP contribution in [0.4, 0.5) is 0 Å². The summed E-state index contributed by atoms with van der Waals surface area (Å²) in [6, 6.07) is 0. The molecule has 0 aromatic heterocycles. The molecule has 0 heterocycles. The third kappa shape index (κ3) is 56.2. The molecule has 0 N–H and O–H groups in total. The number of carbonyl (C=O) groups is 3. The molecule has 0 rings (SSSR count). The number of allylic oxidation sites excluding steroid dienone is 8. The van der Waals surface area contributed by atoms with Gasteiger partial charge in [0.05, 0.1) is 0 Å². The molecule has 0 aromatic rings. The molecule has 0 fully saturated rings. The van der Waals surface area contributed by atoms with Gasteiger partial charge in [0.25, 0.3) is 0 Å².